The van der Waals surface area contributed by atoms with Gasteiger partial charge in [0.25, 0.3) is 0 Å². The number of nitrogens with zero attached hydrogens (tertiary/aromatic N) is 2. The third-order valence-electron chi connectivity index (χ3n) is 2.66. The number of rotatable bonds is 4. The van der Waals surface area contributed by atoms with Gasteiger partial charge in [-0.25, -0.2) is 0 Å². The van der Waals surface area contributed by atoms with Crippen LogP contribution in [0.3, 0.4) is 0 Å². The minimum Gasteiger partial charge on any atom is -0.376 e. The maximum absolute atomic E-state index is 5.74. The molecule has 0 bridgehead atoms. The lowest BCUT2D eigenvalue weighted by molar-refractivity contribution is 0.0940. The van der Waals surface area contributed by atoms with Crippen LogP contribution in [0, 0.1) is 0 Å². The highest BCUT2D eigenvalue weighted by Gasteiger charge is 2.16. The van der Waals surface area contributed by atoms with E-state index in [1.165, 1.54) is 12.0 Å². The second-order valence-electron chi connectivity index (χ2n) is 4.39. The second-order valence-corrected chi connectivity index (χ2v) is 4.39. The zero-order valence-corrected chi connectivity index (χ0v) is 9.22. The van der Waals surface area contributed by atoms with E-state index in [4.69, 9.17) is 10.5 Å². The Bertz CT molecular complexity index is 303. The molecule has 84 valence electrons. The second kappa shape index (κ2) is 4.77. The molecule has 2 rings (SSSR count). The predicted octanol–water partition coefficient (Wildman–Crippen LogP) is 0.952. The first-order chi connectivity index (χ1) is 7.24. The average Bonchev–Trinajstić information content (AvgIpc) is 2.77. The summed E-state index contributed by atoms with van der Waals surface area (Å²) in [6.45, 7) is 3.79. The molecule has 2 unspecified atom stereocenters. The van der Waals surface area contributed by atoms with Crippen molar-refractivity contribution in [3.8, 4) is 0 Å². The van der Waals surface area contributed by atoms with Gasteiger partial charge >= 0.3 is 0 Å². The Morgan fingerprint density at radius 1 is 1.73 bits per heavy atom. The molecule has 1 aromatic heterocycles. The molecule has 4 nitrogen and oxygen atoms in total. The van der Waals surface area contributed by atoms with E-state index < -0.39 is 0 Å². The van der Waals surface area contributed by atoms with Gasteiger partial charge in [-0.05, 0) is 31.7 Å². The van der Waals surface area contributed by atoms with Crippen LogP contribution >= 0.6 is 0 Å². The van der Waals surface area contributed by atoms with E-state index in [0.29, 0.717) is 6.10 Å². The van der Waals surface area contributed by atoms with Crippen molar-refractivity contribution in [3.05, 3.63) is 18.0 Å². The molecule has 0 radical (unpaired) electrons. The van der Waals surface area contributed by atoms with Crippen molar-refractivity contribution in [1.29, 1.82) is 0 Å². The van der Waals surface area contributed by atoms with Gasteiger partial charge in [-0.3, -0.25) is 4.68 Å². The van der Waals surface area contributed by atoms with Crippen LogP contribution < -0.4 is 5.73 Å². The molecule has 0 amide bonds. The van der Waals surface area contributed by atoms with Crippen LogP contribution in [0.15, 0.2) is 12.4 Å². The van der Waals surface area contributed by atoms with Gasteiger partial charge in [0.05, 0.1) is 18.8 Å². The van der Waals surface area contributed by atoms with Gasteiger partial charge in [-0.15, -0.1) is 0 Å². The summed E-state index contributed by atoms with van der Waals surface area (Å²) >= 11 is 0. The van der Waals surface area contributed by atoms with E-state index in [0.717, 1.165) is 26.0 Å². The molecule has 0 saturated carbocycles. The highest BCUT2D eigenvalue weighted by molar-refractivity contribution is 5.05. The summed E-state index contributed by atoms with van der Waals surface area (Å²) in [5.41, 5.74) is 6.95. The van der Waals surface area contributed by atoms with Crippen molar-refractivity contribution in [1.82, 2.24) is 9.78 Å². The van der Waals surface area contributed by atoms with Gasteiger partial charge in [0.2, 0.25) is 0 Å². The molecule has 1 aliphatic heterocycles. The molecule has 0 aliphatic carbocycles. The third-order valence-corrected chi connectivity index (χ3v) is 2.66. The monoisotopic (exact) mass is 209 g/mol. The van der Waals surface area contributed by atoms with Crippen LogP contribution in [0.1, 0.15) is 25.3 Å². The predicted molar refractivity (Wildman–Crippen MR) is 58.6 cm³/mol. The molecule has 1 aliphatic rings. The lowest BCUT2D eigenvalue weighted by Crippen LogP contribution is -2.17. The Balaban J connectivity index is 1.88. The highest BCUT2D eigenvalue weighted by Crippen LogP contribution is 2.14. The molecular weight excluding hydrogens is 190 g/mol. The zero-order chi connectivity index (χ0) is 10.7. The molecule has 1 fully saturated rings. The van der Waals surface area contributed by atoms with Gasteiger partial charge in [0.1, 0.15) is 0 Å². The van der Waals surface area contributed by atoms with Crippen molar-refractivity contribution < 1.29 is 4.74 Å². The SMILES string of the molecule is CC(N)Cc1cnn(CC2CCCO2)c1. The number of hydrogen-bond acceptors (Lipinski definition) is 3. The number of aromatic nitrogens is 2. The summed E-state index contributed by atoms with van der Waals surface area (Å²) < 4.78 is 7.53. The lowest BCUT2D eigenvalue weighted by atomic mass is 10.1. The normalized spacial score (nSPS) is 23.2. The number of nitrogens with two attached hydrogens (primary N) is 1. The Morgan fingerprint density at radius 3 is 3.27 bits per heavy atom. The molecule has 4 heteroatoms. The minimum atomic E-state index is 0.199. The first-order valence-electron chi connectivity index (χ1n) is 5.62. The Hall–Kier alpha value is -0.870. The van der Waals surface area contributed by atoms with Crippen LogP contribution in [0.4, 0.5) is 0 Å². The summed E-state index contributed by atoms with van der Waals surface area (Å²) in [7, 11) is 0. The Labute approximate surface area is 90.4 Å². The first kappa shape index (κ1) is 10.6. The quantitative estimate of drug-likeness (QED) is 0.803. The van der Waals surface area contributed by atoms with Gasteiger partial charge < -0.3 is 10.5 Å². The third kappa shape index (κ3) is 3.04. The molecule has 0 spiro atoms. The highest BCUT2D eigenvalue weighted by atomic mass is 16.5. The summed E-state index contributed by atoms with van der Waals surface area (Å²) in [4.78, 5) is 0. The Morgan fingerprint density at radius 2 is 2.60 bits per heavy atom. The van der Waals surface area contributed by atoms with Gasteiger partial charge in [0, 0.05) is 18.8 Å². The van der Waals surface area contributed by atoms with Gasteiger partial charge in [-0.2, -0.15) is 5.10 Å². The Kier molecular flexibility index (Phi) is 3.38. The fourth-order valence-corrected chi connectivity index (χ4v) is 1.98. The van der Waals surface area contributed by atoms with Crippen LogP contribution in [0.2, 0.25) is 0 Å². The van der Waals surface area contributed by atoms with Crippen molar-refractivity contribution >= 4 is 0 Å². The molecule has 1 saturated heterocycles. The summed E-state index contributed by atoms with van der Waals surface area (Å²) in [5, 5.41) is 4.31. The molecule has 0 aromatic carbocycles. The molecular formula is C11H19N3O. The van der Waals surface area contributed by atoms with Crippen LogP contribution in [-0.2, 0) is 17.7 Å². The average molecular weight is 209 g/mol. The molecule has 15 heavy (non-hydrogen) atoms. The fraction of sp³-hybridized carbons (Fsp3) is 0.727. The molecule has 2 N–H and O–H groups in total. The summed E-state index contributed by atoms with van der Waals surface area (Å²) in [6, 6.07) is 0.199. The van der Waals surface area contributed by atoms with E-state index >= 15 is 0 Å². The summed E-state index contributed by atoms with van der Waals surface area (Å²) in [6.07, 6.45) is 7.56. The first-order valence-corrected chi connectivity index (χ1v) is 5.62. The van der Waals surface area contributed by atoms with Crippen molar-refractivity contribution in [2.24, 2.45) is 5.73 Å². The molecule has 1 aromatic rings. The maximum atomic E-state index is 5.74. The van der Waals surface area contributed by atoms with E-state index in [2.05, 4.69) is 11.3 Å². The van der Waals surface area contributed by atoms with Crippen LogP contribution in [-0.4, -0.2) is 28.5 Å². The van der Waals surface area contributed by atoms with Gasteiger partial charge in [-0.1, -0.05) is 0 Å². The maximum Gasteiger partial charge on any atom is 0.0771 e. The van der Waals surface area contributed by atoms with E-state index in [1.54, 1.807) is 0 Å². The smallest absolute Gasteiger partial charge is 0.0771 e. The largest absolute Gasteiger partial charge is 0.376 e. The van der Waals surface area contributed by atoms with Gasteiger partial charge in [0.15, 0.2) is 0 Å². The van der Waals surface area contributed by atoms with Crippen molar-refractivity contribution in [2.75, 3.05) is 6.61 Å². The lowest BCUT2D eigenvalue weighted by Gasteiger charge is -2.08. The summed E-state index contributed by atoms with van der Waals surface area (Å²) in [5.74, 6) is 0. The van der Waals surface area contributed by atoms with E-state index in [-0.39, 0.29) is 6.04 Å². The number of ether oxygens (including phenoxy) is 1. The topological polar surface area (TPSA) is 53.1 Å². The zero-order valence-electron chi connectivity index (χ0n) is 9.22. The standard InChI is InChI=1S/C11H19N3O/c1-9(12)5-10-6-13-14(7-10)8-11-3-2-4-15-11/h6-7,9,11H,2-5,8,12H2,1H3. The van der Waals surface area contributed by atoms with Crippen LogP contribution in [0.5, 0.6) is 0 Å². The molecule has 2 atom stereocenters. The molecule has 2 heterocycles. The van der Waals surface area contributed by atoms with E-state index in [1.807, 2.05) is 17.8 Å². The van der Waals surface area contributed by atoms with E-state index in [9.17, 15) is 0 Å². The van der Waals surface area contributed by atoms with Crippen LogP contribution in [0.25, 0.3) is 0 Å². The van der Waals surface area contributed by atoms with Crippen molar-refractivity contribution in [3.63, 3.8) is 0 Å². The minimum absolute atomic E-state index is 0.199. The number of hydrogen-bond donors (Lipinski definition) is 1. The fourth-order valence-electron chi connectivity index (χ4n) is 1.98. The van der Waals surface area contributed by atoms with Crippen molar-refractivity contribution in [2.45, 2.75) is 44.9 Å².